The van der Waals surface area contributed by atoms with Gasteiger partial charge >= 0.3 is 0 Å². The highest BCUT2D eigenvalue weighted by atomic mass is 16.5. The molecule has 1 aliphatic heterocycles. The van der Waals surface area contributed by atoms with Gasteiger partial charge in [0, 0.05) is 37.9 Å². The number of benzene rings is 1. The molecule has 27 heavy (non-hydrogen) atoms. The predicted octanol–water partition coefficient (Wildman–Crippen LogP) is 2.17. The molecule has 3 rings (SSSR count). The number of ether oxygens (including phenoxy) is 1. The number of hydrogen-bond acceptors (Lipinski definition) is 6. The van der Waals surface area contributed by atoms with Crippen molar-refractivity contribution >= 4 is 17.8 Å². The number of hydrogen-bond donors (Lipinski definition) is 3. The Morgan fingerprint density at radius 1 is 1.30 bits per heavy atom. The van der Waals surface area contributed by atoms with Gasteiger partial charge in [0.25, 0.3) is 5.91 Å². The summed E-state index contributed by atoms with van der Waals surface area (Å²) in [7, 11) is 0. The van der Waals surface area contributed by atoms with Crippen molar-refractivity contribution in [3.05, 3.63) is 60.3 Å². The number of nitrogens with one attached hydrogen (secondary N) is 2. The predicted molar refractivity (Wildman–Crippen MR) is 104 cm³/mol. The minimum absolute atomic E-state index is 0.357. The first-order valence-electron chi connectivity index (χ1n) is 8.98. The number of carbonyl (C=O) groups excluding carboxylic acids is 1. The number of carbonyl (C=O) groups is 1. The molecule has 7 nitrogen and oxygen atoms in total. The maximum absolute atomic E-state index is 11.0. The molecule has 1 fully saturated rings. The van der Waals surface area contributed by atoms with E-state index in [1.165, 1.54) is 6.08 Å². The van der Waals surface area contributed by atoms with Crippen molar-refractivity contribution in [3.8, 4) is 5.75 Å². The summed E-state index contributed by atoms with van der Waals surface area (Å²) in [5.41, 5.74) is 2.34. The van der Waals surface area contributed by atoms with Crippen molar-refractivity contribution in [3.63, 3.8) is 0 Å². The van der Waals surface area contributed by atoms with E-state index in [2.05, 4.69) is 15.2 Å². The van der Waals surface area contributed by atoms with Gasteiger partial charge in [0.2, 0.25) is 0 Å². The van der Waals surface area contributed by atoms with Crippen LogP contribution in [-0.4, -0.2) is 53.3 Å². The molecule has 3 N–H and O–H groups in total. The maximum Gasteiger partial charge on any atom is 0.267 e. The number of rotatable bonds is 8. The first kappa shape index (κ1) is 18.9. The molecule has 0 unspecified atom stereocenters. The Bertz CT molecular complexity index is 750. The van der Waals surface area contributed by atoms with Gasteiger partial charge in [-0.1, -0.05) is 18.2 Å². The Labute approximate surface area is 158 Å². The summed E-state index contributed by atoms with van der Waals surface area (Å²) in [6.07, 6.45) is 5.58. The van der Waals surface area contributed by atoms with Crippen LogP contribution in [0.25, 0.3) is 6.08 Å². The second kappa shape index (κ2) is 9.70. The van der Waals surface area contributed by atoms with Crippen LogP contribution in [0.2, 0.25) is 0 Å². The van der Waals surface area contributed by atoms with E-state index in [1.807, 2.05) is 42.5 Å². The zero-order valence-electron chi connectivity index (χ0n) is 15.0. The van der Waals surface area contributed by atoms with Gasteiger partial charge in [0.1, 0.15) is 18.2 Å². The average molecular weight is 368 g/mol. The highest BCUT2D eigenvalue weighted by Gasteiger charge is 2.22. The normalized spacial score (nSPS) is 17.1. The number of pyridine rings is 1. The molecule has 2 heterocycles. The first-order valence-corrected chi connectivity index (χ1v) is 8.98. The fourth-order valence-electron chi connectivity index (χ4n) is 2.97. The lowest BCUT2D eigenvalue weighted by molar-refractivity contribution is -0.124. The molecule has 0 aliphatic carbocycles. The van der Waals surface area contributed by atoms with Gasteiger partial charge in [0.15, 0.2) is 0 Å². The summed E-state index contributed by atoms with van der Waals surface area (Å²) in [5.74, 6) is 1.15. The zero-order chi connectivity index (χ0) is 18.9. The summed E-state index contributed by atoms with van der Waals surface area (Å²) in [6, 6.07) is 14.0. The third kappa shape index (κ3) is 6.09. The van der Waals surface area contributed by atoms with Crippen LogP contribution in [0.5, 0.6) is 5.75 Å². The summed E-state index contributed by atoms with van der Waals surface area (Å²) in [4.78, 5) is 17.7. The second-order valence-corrected chi connectivity index (χ2v) is 6.38. The maximum atomic E-state index is 11.0. The largest absolute Gasteiger partial charge is 0.492 e. The third-order valence-electron chi connectivity index (χ3n) is 4.37. The van der Waals surface area contributed by atoms with Crippen LogP contribution in [0, 0.1) is 0 Å². The Morgan fingerprint density at radius 3 is 2.89 bits per heavy atom. The van der Waals surface area contributed by atoms with Gasteiger partial charge in [-0.15, -0.1) is 0 Å². The second-order valence-electron chi connectivity index (χ2n) is 6.38. The number of amides is 1. The summed E-state index contributed by atoms with van der Waals surface area (Å²) in [6.45, 7) is 3.57. The smallest absolute Gasteiger partial charge is 0.267 e. The van der Waals surface area contributed by atoms with Gasteiger partial charge in [-0.05, 0) is 42.3 Å². The molecule has 142 valence electrons. The van der Waals surface area contributed by atoms with Gasteiger partial charge in [-0.3, -0.25) is 14.9 Å². The molecule has 7 heteroatoms. The van der Waals surface area contributed by atoms with Crippen LogP contribution >= 0.6 is 0 Å². The third-order valence-corrected chi connectivity index (χ3v) is 4.37. The Balaban J connectivity index is 1.40. The molecule has 1 amide bonds. The van der Waals surface area contributed by atoms with Crippen molar-refractivity contribution in [2.24, 2.45) is 0 Å². The molecule has 0 saturated carbocycles. The quantitative estimate of drug-likeness (QED) is 0.376. The minimum Gasteiger partial charge on any atom is -0.492 e. The van der Waals surface area contributed by atoms with E-state index in [0.29, 0.717) is 12.6 Å². The molecule has 2 aromatic rings. The van der Waals surface area contributed by atoms with Crippen LogP contribution in [0.15, 0.2) is 54.7 Å². The summed E-state index contributed by atoms with van der Waals surface area (Å²) >= 11 is 0. The zero-order valence-corrected chi connectivity index (χ0v) is 15.0. The van der Waals surface area contributed by atoms with Crippen LogP contribution in [0.1, 0.15) is 12.0 Å². The number of likely N-dealkylation sites (tertiary alicyclic amines) is 1. The van der Waals surface area contributed by atoms with Crippen molar-refractivity contribution < 1.29 is 14.7 Å². The van der Waals surface area contributed by atoms with Crippen LogP contribution in [0.3, 0.4) is 0 Å². The minimum atomic E-state index is -0.570. The standard InChI is InChI=1S/C20H24N4O3/c25-20(23-26)9-7-16-6-8-19(21-14-16)22-17-10-11-24(15-17)12-13-27-18-4-2-1-3-5-18/h1-9,14,17,26H,10-13,15H2,(H,21,22)(H,23,25)/t17-/m1/s1. The van der Waals surface area contributed by atoms with Crippen LogP contribution in [0.4, 0.5) is 5.82 Å². The number of aromatic nitrogens is 1. The van der Waals surface area contributed by atoms with Gasteiger partial charge < -0.3 is 10.1 Å². The molecule has 1 atom stereocenters. The Kier molecular flexibility index (Phi) is 6.78. The first-order chi connectivity index (χ1) is 13.2. The molecule has 1 aromatic carbocycles. The van der Waals surface area contributed by atoms with Crippen molar-refractivity contribution in [2.45, 2.75) is 12.5 Å². The van der Waals surface area contributed by atoms with E-state index in [9.17, 15) is 4.79 Å². The Hall–Kier alpha value is -2.90. The molecular formula is C20H24N4O3. The number of anilines is 1. The van der Waals surface area contributed by atoms with Gasteiger partial charge in [-0.25, -0.2) is 10.5 Å². The van der Waals surface area contributed by atoms with Crippen molar-refractivity contribution in [1.29, 1.82) is 0 Å². The monoisotopic (exact) mass is 368 g/mol. The van der Waals surface area contributed by atoms with E-state index in [0.717, 1.165) is 43.2 Å². The van der Waals surface area contributed by atoms with Gasteiger partial charge in [0.05, 0.1) is 0 Å². The molecule has 0 bridgehead atoms. The molecular weight excluding hydrogens is 344 g/mol. The molecule has 1 saturated heterocycles. The SMILES string of the molecule is O=C(C=Cc1ccc(N[C@@H]2CCN(CCOc3ccccc3)C2)nc1)NO. The van der Waals surface area contributed by atoms with Crippen LogP contribution in [-0.2, 0) is 4.79 Å². The Morgan fingerprint density at radius 2 is 2.15 bits per heavy atom. The fraction of sp³-hybridized carbons (Fsp3) is 0.300. The molecule has 0 spiro atoms. The number of hydroxylamine groups is 1. The molecule has 1 aliphatic rings. The summed E-state index contributed by atoms with van der Waals surface area (Å²) < 4.78 is 5.76. The summed E-state index contributed by atoms with van der Waals surface area (Å²) in [5, 5.41) is 11.9. The molecule has 1 aromatic heterocycles. The highest BCUT2D eigenvalue weighted by molar-refractivity contribution is 5.90. The highest BCUT2D eigenvalue weighted by Crippen LogP contribution is 2.15. The van der Waals surface area contributed by atoms with E-state index in [1.54, 1.807) is 17.8 Å². The number of para-hydroxylation sites is 1. The lowest BCUT2D eigenvalue weighted by Crippen LogP contribution is -2.29. The van der Waals surface area contributed by atoms with E-state index >= 15 is 0 Å². The average Bonchev–Trinajstić information content (AvgIpc) is 3.15. The lowest BCUT2D eigenvalue weighted by Gasteiger charge is -2.17. The van der Waals surface area contributed by atoms with E-state index in [-0.39, 0.29) is 0 Å². The van der Waals surface area contributed by atoms with Gasteiger partial charge in [-0.2, -0.15) is 0 Å². The fourth-order valence-corrected chi connectivity index (χ4v) is 2.97. The topological polar surface area (TPSA) is 86.7 Å². The van der Waals surface area contributed by atoms with Crippen molar-refractivity contribution in [2.75, 3.05) is 31.6 Å². The van der Waals surface area contributed by atoms with Crippen LogP contribution < -0.4 is 15.5 Å². The van der Waals surface area contributed by atoms with E-state index < -0.39 is 5.91 Å². The van der Waals surface area contributed by atoms with Crippen molar-refractivity contribution in [1.82, 2.24) is 15.4 Å². The van der Waals surface area contributed by atoms with E-state index in [4.69, 9.17) is 9.94 Å². The number of nitrogens with zero attached hydrogens (tertiary/aromatic N) is 2. The lowest BCUT2D eigenvalue weighted by atomic mass is 10.2. The molecule has 0 radical (unpaired) electrons.